The standard InChI is InChI=1S/C21H20ClFN2O3S2/c1-28-16-5-2-14(3-6-16)19-13-29-21(24-19)25-10-8-17(9-11-25)30(26,27)20-7-4-15(23)12-18(20)22/h2-7,12-13,17H,8-11H2,1H3. The van der Waals surface area contributed by atoms with E-state index in [1.807, 2.05) is 29.6 Å². The third-order valence-electron chi connectivity index (χ3n) is 5.23. The number of anilines is 1. The van der Waals surface area contributed by atoms with Gasteiger partial charge in [0.25, 0.3) is 0 Å². The molecule has 3 aromatic rings. The van der Waals surface area contributed by atoms with Crippen LogP contribution in [0.25, 0.3) is 11.3 Å². The molecule has 0 spiro atoms. The van der Waals surface area contributed by atoms with Crippen molar-refractivity contribution in [2.24, 2.45) is 0 Å². The minimum absolute atomic E-state index is 0.0000530. The lowest BCUT2D eigenvalue weighted by Gasteiger charge is -2.31. The molecular formula is C21H20ClFN2O3S2. The van der Waals surface area contributed by atoms with Crippen LogP contribution in [-0.2, 0) is 9.84 Å². The molecule has 0 unspecified atom stereocenters. The number of nitrogens with zero attached hydrogens (tertiary/aromatic N) is 2. The molecule has 30 heavy (non-hydrogen) atoms. The molecule has 0 amide bonds. The van der Waals surface area contributed by atoms with Crippen LogP contribution in [0.3, 0.4) is 0 Å². The summed E-state index contributed by atoms with van der Waals surface area (Å²) in [6, 6.07) is 11.1. The summed E-state index contributed by atoms with van der Waals surface area (Å²) in [4.78, 5) is 6.83. The first-order valence-electron chi connectivity index (χ1n) is 9.42. The van der Waals surface area contributed by atoms with E-state index in [4.69, 9.17) is 21.3 Å². The first-order chi connectivity index (χ1) is 14.4. The third-order valence-corrected chi connectivity index (χ3v) is 8.87. The van der Waals surface area contributed by atoms with Gasteiger partial charge >= 0.3 is 0 Å². The van der Waals surface area contributed by atoms with Crippen LogP contribution < -0.4 is 9.64 Å². The fourth-order valence-electron chi connectivity index (χ4n) is 3.55. The van der Waals surface area contributed by atoms with E-state index in [2.05, 4.69) is 4.90 Å². The van der Waals surface area contributed by atoms with E-state index in [0.29, 0.717) is 25.9 Å². The lowest BCUT2D eigenvalue weighted by Crippen LogP contribution is -2.39. The molecule has 1 fully saturated rings. The van der Waals surface area contributed by atoms with Crippen LogP contribution in [0, 0.1) is 5.82 Å². The highest BCUT2D eigenvalue weighted by Crippen LogP contribution is 2.33. The summed E-state index contributed by atoms with van der Waals surface area (Å²) in [5, 5.41) is 2.26. The Kier molecular flexibility index (Phi) is 5.99. The first-order valence-corrected chi connectivity index (χ1v) is 12.2. The molecule has 9 heteroatoms. The molecule has 1 saturated heterocycles. The number of sulfone groups is 1. The van der Waals surface area contributed by atoms with E-state index in [-0.39, 0.29) is 9.92 Å². The Hall–Kier alpha value is -2.16. The maximum atomic E-state index is 13.3. The summed E-state index contributed by atoms with van der Waals surface area (Å²) < 4.78 is 44.4. The lowest BCUT2D eigenvalue weighted by atomic mass is 10.1. The SMILES string of the molecule is COc1ccc(-c2csc(N3CCC(S(=O)(=O)c4ccc(F)cc4Cl)CC3)n2)cc1. The second-order valence-corrected chi connectivity index (χ2v) is 10.5. The fraction of sp³-hybridized carbons (Fsp3) is 0.286. The van der Waals surface area contributed by atoms with Crippen LogP contribution in [0.2, 0.25) is 5.02 Å². The summed E-state index contributed by atoms with van der Waals surface area (Å²) in [7, 11) is -1.98. The Balaban J connectivity index is 1.45. The Labute approximate surface area is 184 Å². The molecule has 158 valence electrons. The molecule has 0 atom stereocenters. The van der Waals surface area contributed by atoms with Gasteiger partial charge in [-0.1, -0.05) is 11.6 Å². The van der Waals surface area contributed by atoms with Crippen LogP contribution in [0.4, 0.5) is 9.52 Å². The van der Waals surface area contributed by atoms with E-state index in [9.17, 15) is 12.8 Å². The summed E-state index contributed by atoms with van der Waals surface area (Å²) in [6.07, 6.45) is 0.932. The van der Waals surface area contributed by atoms with Crippen molar-refractivity contribution in [2.75, 3.05) is 25.1 Å². The highest BCUT2D eigenvalue weighted by molar-refractivity contribution is 7.92. The van der Waals surface area contributed by atoms with Gasteiger partial charge in [0.15, 0.2) is 15.0 Å². The molecule has 0 saturated carbocycles. The summed E-state index contributed by atoms with van der Waals surface area (Å²) in [5.74, 6) is 0.240. The van der Waals surface area contributed by atoms with Gasteiger partial charge in [-0.2, -0.15) is 0 Å². The second-order valence-electron chi connectivity index (χ2n) is 7.05. The number of rotatable bonds is 5. The van der Waals surface area contributed by atoms with Crippen molar-refractivity contribution in [3.63, 3.8) is 0 Å². The highest BCUT2D eigenvalue weighted by atomic mass is 35.5. The predicted octanol–water partition coefficient (Wildman–Crippen LogP) is 5.05. The topological polar surface area (TPSA) is 59.5 Å². The quantitative estimate of drug-likeness (QED) is 0.492. The number of benzene rings is 2. The van der Waals surface area contributed by atoms with Gasteiger partial charge in [0.2, 0.25) is 0 Å². The van der Waals surface area contributed by atoms with Crippen LogP contribution in [-0.4, -0.2) is 38.9 Å². The Bertz CT molecular complexity index is 1140. The van der Waals surface area contributed by atoms with Gasteiger partial charge < -0.3 is 9.64 Å². The fourth-order valence-corrected chi connectivity index (χ4v) is 6.70. The van der Waals surface area contributed by atoms with E-state index in [1.54, 1.807) is 18.4 Å². The van der Waals surface area contributed by atoms with Gasteiger partial charge in [0.05, 0.1) is 28.0 Å². The molecule has 4 rings (SSSR count). The molecule has 1 aromatic heterocycles. The average Bonchev–Trinajstić information content (AvgIpc) is 3.24. The summed E-state index contributed by atoms with van der Waals surface area (Å²) >= 11 is 7.53. The number of hydrogen-bond donors (Lipinski definition) is 0. The smallest absolute Gasteiger partial charge is 0.185 e. The molecule has 0 bridgehead atoms. The highest BCUT2D eigenvalue weighted by Gasteiger charge is 2.33. The largest absolute Gasteiger partial charge is 0.497 e. The summed E-state index contributed by atoms with van der Waals surface area (Å²) in [6.45, 7) is 1.16. The molecule has 0 aliphatic carbocycles. The predicted molar refractivity (Wildman–Crippen MR) is 118 cm³/mol. The van der Waals surface area contributed by atoms with Crippen LogP contribution in [0.15, 0.2) is 52.7 Å². The molecule has 0 radical (unpaired) electrons. The van der Waals surface area contributed by atoms with Crippen molar-refractivity contribution in [1.29, 1.82) is 0 Å². The average molecular weight is 467 g/mol. The molecule has 2 heterocycles. The molecule has 1 aliphatic heterocycles. The maximum Gasteiger partial charge on any atom is 0.185 e. The number of aromatic nitrogens is 1. The van der Waals surface area contributed by atoms with Crippen molar-refractivity contribution in [3.05, 3.63) is 58.7 Å². The molecule has 2 aromatic carbocycles. The van der Waals surface area contributed by atoms with Crippen molar-refractivity contribution < 1.29 is 17.5 Å². The van der Waals surface area contributed by atoms with Crippen LogP contribution >= 0.6 is 22.9 Å². The normalized spacial score (nSPS) is 15.4. The van der Waals surface area contributed by atoms with Gasteiger partial charge in [-0.05, 0) is 55.3 Å². The van der Waals surface area contributed by atoms with Crippen molar-refractivity contribution >= 4 is 37.9 Å². The second kappa shape index (κ2) is 8.53. The number of methoxy groups -OCH3 is 1. The van der Waals surface area contributed by atoms with Crippen LogP contribution in [0.5, 0.6) is 5.75 Å². The van der Waals surface area contributed by atoms with Crippen molar-refractivity contribution in [1.82, 2.24) is 4.98 Å². The Morgan fingerprint density at radius 2 is 1.87 bits per heavy atom. The third kappa shape index (κ3) is 4.17. The molecular weight excluding hydrogens is 447 g/mol. The van der Waals surface area contributed by atoms with Gasteiger partial charge in [-0.25, -0.2) is 17.8 Å². The zero-order valence-corrected chi connectivity index (χ0v) is 18.6. The molecule has 0 N–H and O–H groups in total. The zero-order chi connectivity index (χ0) is 21.3. The first kappa shape index (κ1) is 21.1. The van der Waals surface area contributed by atoms with E-state index >= 15 is 0 Å². The molecule has 5 nitrogen and oxygen atoms in total. The monoisotopic (exact) mass is 466 g/mol. The minimum Gasteiger partial charge on any atom is -0.497 e. The van der Waals surface area contributed by atoms with Gasteiger partial charge in [-0.15, -0.1) is 11.3 Å². The van der Waals surface area contributed by atoms with Crippen LogP contribution in [0.1, 0.15) is 12.8 Å². The number of hydrogen-bond acceptors (Lipinski definition) is 6. The Morgan fingerprint density at radius 1 is 1.17 bits per heavy atom. The number of piperidine rings is 1. The van der Waals surface area contributed by atoms with Gasteiger partial charge in [0, 0.05) is 24.0 Å². The van der Waals surface area contributed by atoms with Crippen molar-refractivity contribution in [3.8, 4) is 17.0 Å². The van der Waals surface area contributed by atoms with E-state index in [0.717, 1.165) is 34.3 Å². The van der Waals surface area contributed by atoms with E-state index in [1.165, 1.54) is 6.07 Å². The van der Waals surface area contributed by atoms with Crippen molar-refractivity contribution in [2.45, 2.75) is 23.0 Å². The Morgan fingerprint density at radius 3 is 2.50 bits per heavy atom. The lowest BCUT2D eigenvalue weighted by molar-refractivity contribution is 0.415. The number of ether oxygens (including phenoxy) is 1. The van der Waals surface area contributed by atoms with Gasteiger partial charge in [-0.3, -0.25) is 0 Å². The zero-order valence-electron chi connectivity index (χ0n) is 16.2. The van der Waals surface area contributed by atoms with E-state index < -0.39 is 20.9 Å². The summed E-state index contributed by atoms with van der Waals surface area (Å²) in [5.41, 5.74) is 1.88. The minimum atomic E-state index is -3.61. The number of halogens is 2. The van der Waals surface area contributed by atoms with Gasteiger partial charge in [0.1, 0.15) is 11.6 Å². The number of thiazole rings is 1. The molecule has 1 aliphatic rings. The maximum absolute atomic E-state index is 13.3.